The number of rotatable bonds is 11. The number of carbonyl (C=O) groups is 1. The summed E-state index contributed by atoms with van der Waals surface area (Å²) in [5, 5.41) is 0. The van der Waals surface area contributed by atoms with E-state index >= 15 is 0 Å². The summed E-state index contributed by atoms with van der Waals surface area (Å²) in [4.78, 5) is 14.5. The van der Waals surface area contributed by atoms with Crippen LogP contribution in [0.1, 0.15) is 56.4 Å². The predicted molar refractivity (Wildman–Crippen MR) is 126 cm³/mol. The molecule has 1 aromatic heterocycles. The molecule has 0 aliphatic rings. The van der Waals surface area contributed by atoms with E-state index in [2.05, 4.69) is 18.2 Å². The van der Waals surface area contributed by atoms with Gasteiger partial charge in [0.2, 0.25) is 5.91 Å². The van der Waals surface area contributed by atoms with Crippen molar-refractivity contribution in [1.82, 2.24) is 4.90 Å². The molecule has 170 valence electrons. The first-order valence-electron chi connectivity index (χ1n) is 11.2. The van der Waals surface area contributed by atoms with Crippen molar-refractivity contribution < 1.29 is 18.7 Å². The van der Waals surface area contributed by atoms with Crippen LogP contribution in [0.15, 0.2) is 71.3 Å². The second-order valence-electron chi connectivity index (χ2n) is 8.07. The Morgan fingerprint density at radius 2 is 1.78 bits per heavy atom. The Morgan fingerprint density at radius 3 is 2.41 bits per heavy atom. The van der Waals surface area contributed by atoms with E-state index in [0.717, 1.165) is 34.8 Å². The molecule has 5 heteroatoms. The quantitative estimate of drug-likeness (QED) is 0.369. The Balaban J connectivity index is 1.87. The monoisotopic (exact) mass is 435 g/mol. The molecule has 0 saturated heterocycles. The molecular formula is C27H33NO4. The molecule has 0 radical (unpaired) electrons. The number of nitrogens with zero attached hydrogens (tertiary/aromatic N) is 1. The lowest BCUT2D eigenvalue weighted by Crippen LogP contribution is -2.31. The highest BCUT2D eigenvalue weighted by Gasteiger charge is 2.22. The highest BCUT2D eigenvalue weighted by atomic mass is 16.5. The Kier molecular flexibility index (Phi) is 8.37. The van der Waals surface area contributed by atoms with Crippen LogP contribution in [0.4, 0.5) is 0 Å². The van der Waals surface area contributed by atoms with Gasteiger partial charge in [-0.25, -0.2) is 0 Å². The molecule has 0 spiro atoms. The molecule has 0 aliphatic heterocycles. The average Bonchev–Trinajstić information content (AvgIpc) is 3.32. The van der Waals surface area contributed by atoms with Gasteiger partial charge in [0.1, 0.15) is 17.3 Å². The lowest BCUT2D eigenvalue weighted by molar-refractivity contribution is -0.131. The fraction of sp³-hybridized carbons (Fsp3) is 0.370. The van der Waals surface area contributed by atoms with Gasteiger partial charge in [0.05, 0.1) is 26.0 Å². The van der Waals surface area contributed by atoms with Crippen molar-refractivity contribution in [2.75, 3.05) is 13.7 Å². The van der Waals surface area contributed by atoms with E-state index in [-0.39, 0.29) is 17.9 Å². The van der Waals surface area contributed by atoms with Crippen LogP contribution < -0.4 is 9.47 Å². The van der Waals surface area contributed by atoms with E-state index in [4.69, 9.17) is 13.9 Å². The summed E-state index contributed by atoms with van der Waals surface area (Å²) in [5.74, 6) is 2.67. The number of furan rings is 1. The van der Waals surface area contributed by atoms with E-state index in [1.54, 1.807) is 13.4 Å². The highest BCUT2D eigenvalue weighted by molar-refractivity contribution is 5.75. The van der Waals surface area contributed by atoms with Crippen molar-refractivity contribution in [2.24, 2.45) is 0 Å². The van der Waals surface area contributed by atoms with Gasteiger partial charge in [-0.1, -0.05) is 37.3 Å². The maximum atomic E-state index is 12.6. The van der Waals surface area contributed by atoms with Crippen molar-refractivity contribution in [3.63, 3.8) is 0 Å². The van der Waals surface area contributed by atoms with Crippen LogP contribution in [0.5, 0.6) is 11.5 Å². The molecule has 0 N–H and O–H groups in total. The molecule has 2 aromatic carbocycles. The van der Waals surface area contributed by atoms with Crippen molar-refractivity contribution >= 4 is 5.91 Å². The summed E-state index contributed by atoms with van der Waals surface area (Å²) in [6.07, 6.45) is 2.99. The molecule has 0 aliphatic carbocycles. The molecule has 1 amide bonds. The Bertz CT molecular complexity index is 964. The summed E-state index contributed by atoms with van der Waals surface area (Å²) >= 11 is 0. The Hall–Kier alpha value is -3.21. The largest absolute Gasteiger partial charge is 0.496 e. The number of carbonyl (C=O) groups excluding carboxylic acids is 1. The molecule has 3 aromatic rings. The average molecular weight is 436 g/mol. The summed E-state index contributed by atoms with van der Waals surface area (Å²) in [6.45, 7) is 7.01. The molecule has 1 heterocycles. The van der Waals surface area contributed by atoms with Crippen LogP contribution in [0, 0.1) is 0 Å². The molecule has 0 saturated carbocycles. The van der Waals surface area contributed by atoms with Gasteiger partial charge in [0.25, 0.3) is 0 Å². The Labute approximate surface area is 191 Å². The number of ether oxygens (including phenoxy) is 2. The summed E-state index contributed by atoms with van der Waals surface area (Å²) in [7, 11) is 1.69. The second kappa shape index (κ2) is 11.4. The number of methoxy groups -OCH3 is 1. The van der Waals surface area contributed by atoms with Crippen LogP contribution in [-0.4, -0.2) is 30.6 Å². The molecule has 0 fully saturated rings. The van der Waals surface area contributed by atoms with Crippen LogP contribution in [0.3, 0.4) is 0 Å². The molecular weight excluding hydrogens is 402 g/mol. The first-order valence-corrected chi connectivity index (χ1v) is 11.2. The van der Waals surface area contributed by atoms with Crippen molar-refractivity contribution in [3.05, 3.63) is 83.8 Å². The van der Waals surface area contributed by atoms with Crippen LogP contribution >= 0.6 is 0 Å². The van der Waals surface area contributed by atoms with E-state index in [0.29, 0.717) is 19.5 Å². The number of hydrogen-bond donors (Lipinski definition) is 0. The number of hydrogen-bond acceptors (Lipinski definition) is 4. The SMILES string of the molecule is CCC(=O)N(CC[C@H](c1ccc(OC(C)C)cc1)c1ccccc1OC)Cc1ccco1. The van der Waals surface area contributed by atoms with E-state index in [1.165, 1.54) is 0 Å². The minimum atomic E-state index is 0.0722. The highest BCUT2D eigenvalue weighted by Crippen LogP contribution is 2.35. The third-order valence-corrected chi connectivity index (χ3v) is 5.44. The number of para-hydroxylation sites is 1. The van der Waals surface area contributed by atoms with Gasteiger partial charge >= 0.3 is 0 Å². The number of benzene rings is 2. The maximum Gasteiger partial charge on any atom is 0.222 e. The minimum absolute atomic E-state index is 0.0722. The smallest absolute Gasteiger partial charge is 0.222 e. The van der Waals surface area contributed by atoms with Crippen LogP contribution in [0.2, 0.25) is 0 Å². The van der Waals surface area contributed by atoms with Gasteiger partial charge < -0.3 is 18.8 Å². The lowest BCUT2D eigenvalue weighted by atomic mass is 9.87. The molecule has 32 heavy (non-hydrogen) atoms. The molecule has 0 unspecified atom stereocenters. The first-order chi connectivity index (χ1) is 15.5. The topological polar surface area (TPSA) is 51.9 Å². The standard InChI is InChI=1S/C27H33NO4/c1-5-27(29)28(19-23-9-8-18-31-23)17-16-24(25-10-6-7-11-26(25)30-4)21-12-14-22(15-13-21)32-20(2)3/h6-15,18,20,24H,5,16-17,19H2,1-4H3/t24-/m1/s1. The number of amides is 1. The van der Waals surface area contributed by atoms with Gasteiger partial charge in [-0.15, -0.1) is 0 Å². The van der Waals surface area contributed by atoms with Crippen LogP contribution in [-0.2, 0) is 11.3 Å². The summed E-state index contributed by atoms with van der Waals surface area (Å²) < 4.78 is 17.0. The predicted octanol–water partition coefficient (Wildman–Crippen LogP) is 6.04. The van der Waals surface area contributed by atoms with Gasteiger partial charge in [-0.3, -0.25) is 4.79 Å². The fourth-order valence-corrected chi connectivity index (χ4v) is 3.90. The molecule has 5 nitrogen and oxygen atoms in total. The van der Waals surface area contributed by atoms with Gasteiger partial charge in [-0.2, -0.15) is 0 Å². The third kappa shape index (κ3) is 6.16. The zero-order valence-electron chi connectivity index (χ0n) is 19.4. The first kappa shape index (κ1) is 23.5. The van der Waals surface area contributed by atoms with Gasteiger partial charge in [0, 0.05) is 24.4 Å². The third-order valence-electron chi connectivity index (χ3n) is 5.44. The van der Waals surface area contributed by atoms with Crippen molar-refractivity contribution in [3.8, 4) is 11.5 Å². The summed E-state index contributed by atoms with van der Waals surface area (Å²) in [6, 6.07) is 20.1. The normalized spacial score (nSPS) is 11.9. The maximum absolute atomic E-state index is 12.6. The Morgan fingerprint density at radius 1 is 1.03 bits per heavy atom. The van der Waals surface area contributed by atoms with Crippen molar-refractivity contribution in [1.29, 1.82) is 0 Å². The van der Waals surface area contributed by atoms with E-state index < -0.39 is 0 Å². The van der Waals surface area contributed by atoms with Crippen molar-refractivity contribution in [2.45, 2.75) is 52.2 Å². The lowest BCUT2D eigenvalue weighted by Gasteiger charge is -2.26. The minimum Gasteiger partial charge on any atom is -0.496 e. The van der Waals surface area contributed by atoms with Crippen LogP contribution in [0.25, 0.3) is 0 Å². The van der Waals surface area contributed by atoms with E-state index in [1.807, 2.05) is 68.1 Å². The summed E-state index contributed by atoms with van der Waals surface area (Å²) in [5.41, 5.74) is 2.27. The molecule has 1 atom stereocenters. The fourth-order valence-electron chi connectivity index (χ4n) is 3.90. The molecule has 3 rings (SSSR count). The zero-order valence-corrected chi connectivity index (χ0v) is 19.4. The van der Waals surface area contributed by atoms with E-state index in [9.17, 15) is 4.79 Å². The second-order valence-corrected chi connectivity index (χ2v) is 8.07. The zero-order chi connectivity index (χ0) is 22.9. The van der Waals surface area contributed by atoms with Gasteiger partial charge in [0.15, 0.2) is 0 Å². The molecule has 0 bridgehead atoms. The van der Waals surface area contributed by atoms with Gasteiger partial charge in [-0.05, 0) is 56.2 Å².